The van der Waals surface area contributed by atoms with Crippen LogP contribution in [0.4, 0.5) is 15.8 Å². The summed E-state index contributed by atoms with van der Waals surface area (Å²) in [5.74, 6) is 0.301. The molecule has 114 valence electrons. The Labute approximate surface area is 128 Å². The Hall–Kier alpha value is -2.56. The molecule has 1 amide bonds. The number of hydrogen-bond donors (Lipinski definition) is 2. The van der Waals surface area contributed by atoms with Crippen LogP contribution >= 0.6 is 0 Å². The van der Waals surface area contributed by atoms with Crippen LogP contribution < -0.4 is 15.4 Å². The Kier molecular flexibility index (Phi) is 3.96. The van der Waals surface area contributed by atoms with E-state index in [4.69, 9.17) is 4.74 Å². The van der Waals surface area contributed by atoms with Gasteiger partial charge in [0.15, 0.2) is 6.61 Å². The van der Waals surface area contributed by atoms with Crippen LogP contribution in [0.25, 0.3) is 0 Å². The molecular weight excluding hydrogens is 283 g/mol. The first kappa shape index (κ1) is 14.4. The zero-order chi connectivity index (χ0) is 15.5. The van der Waals surface area contributed by atoms with Gasteiger partial charge in [0.1, 0.15) is 11.6 Å². The van der Waals surface area contributed by atoms with Crippen LogP contribution in [0.5, 0.6) is 5.75 Å². The summed E-state index contributed by atoms with van der Waals surface area (Å²) in [5.41, 5.74) is 2.68. The van der Waals surface area contributed by atoms with Crippen LogP contribution in [0.15, 0.2) is 42.5 Å². The van der Waals surface area contributed by atoms with Crippen molar-refractivity contribution in [3.8, 4) is 5.75 Å². The van der Waals surface area contributed by atoms with E-state index in [1.807, 2.05) is 18.2 Å². The first-order valence-electron chi connectivity index (χ1n) is 7.18. The number of rotatable bonds is 4. The Morgan fingerprint density at radius 1 is 1.27 bits per heavy atom. The van der Waals surface area contributed by atoms with E-state index in [-0.39, 0.29) is 24.4 Å². The molecule has 2 aromatic rings. The first-order valence-corrected chi connectivity index (χ1v) is 7.18. The summed E-state index contributed by atoms with van der Waals surface area (Å²) in [6.07, 6.45) is 0.787. The minimum Gasteiger partial charge on any atom is -0.482 e. The Bertz CT molecular complexity index is 686. The van der Waals surface area contributed by atoms with E-state index in [1.54, 1.807) is 12.1 Å². The van der Waals surface area contributed by atoms with E-state index in [2.05, 4.69) is 17.6 Å². The molecule has 2 N–H and O–H groups in total. The molecule has 5 heteroatoms. The maximum Gasteiger partial charge on any atom is 0.262 e. The third-order valence-corrected chi connectivity index (χ3v) is 3.48. The van der Waals surface area contributed by atoms with Crippen molar-refractivity contribution in [2.75, 3.05) is 17.2 Å². The van der Waals surface area contributed by atoms with Crippen molar-refractivity contribution in [2.45, 2.75) is 19.4 Å². The van der Waals surface area contributed by atoms with Crippen LogP contribution in [0.2, 0.25) is 0 Å². The molecule has 1 heterocycles. The first-order chi connectivity index (χ1) is 10.6. The lowest BCUT2D eigenvalue weighted by Gasteiger charge is -2.20. The lowest BCUT2D eigenvalue weighted by Crippen LogP contribution is -2.25. The fourth-order valence-electron chi connectivity index (χ4n) is 2.47. The van der Waals surface area contributed by atoms with Gasteiger partial charge < -0.3 is 15.4 Å². The smallest absolute Gasteiger partial charge is 0.262 e. The number of nitrogens with one attached hydrogen (secondary N) is 2. The van der Waals surface area contributed by atoms with Gasteiger partial charge >= 0.3 is 0 Å². The van der Waals surface area contributed by atoms with Gasteiger partial charge in [-0.1, -0.05) is 12.1 Å². The maximum atomic E-state index is 12.9. The third-order valence-electron chi connectivity index (χ3n) is 3.48. The van der Waals surface area contributed by atoms with E-state index < -0.39 is 0 Å². The summed E-state index contributed by atoms with van der Waals surface area (Å²) < 4.78 is 18.3. The fourth-order valence-corrected chi connectivity index (χ4v) is 2.47. The number of amides is 1. The van der Waals surface area contributed by atoms with Gasteiger partial charge in [0.05, 0.1) is 5.69 Å². The van der Waals surface area contributed by atoms with Gasteiger partial charge in [-0.3, -0.25) is 4.79 Å². The number of carbonyl (C=O) groups is 1. The number of hydrogen-bond acceptors (Lipinski definition) is 3. The van der Waals surface area contributed by atoms with E-state index in [1.165, 1.54) is 12.1 Å². The van der Waals surface area contributed by atoms with Crippen molar-refractivity contribution < 1.29 is 13.9 Å². The largest absolute Gasteiger partial charge is 0.482 e. The average molecular weight is 300 g/mol. The molecule has 0 saturated carbocycles. The Morgan fingerprint density at radius 3 is 2.82 bits per heavy atom. The minimum atomic E-state index is -0.224. The zero-order valence-corrected chi connectivity index (χ0v) is 12.2. The Balaban J connectivity index is 1.65. The van der Waals surface area contributed by atoms with Crippen molar-refractivity contribution in [3.05, 3.63) is 53.8 Å². The number of carbonyl (C=O) groups excluding carboxylic acids is 1. The van der Waals surface area contributed by atoms with Crippen LogP contribution in [-0.4, -0.2) is 18.6 Å². The number of ether oxygens (including phenoxy) is 1. The minimum absolute atomic E-state index is 0.0432. The summed E-state index contributed by atoms with van der Waals surface area (Å²) in [5, 5.41) is 6.14. The molecule has 1 unspecified atom stereocenters. The molecule has 2 aromatic carbocycles. The second-order valence-corrected chi connectivity index (χ2v) is 5.42. The maximum absolute atomic E-state index is 12.9. The topological polar surface area (TPSA) is 50.4 Å². The normalized spacial score (nSPS) is 14.5. The molecule has 0 saturated heterocycles. The van der Waals surface area contributed by atoms with Gasteiger partial charge in [-0.2, -0.15) is 0 Å². The predicted octanol–water partition coefficient (Wildman–Crippen LogP) is 3.20. The van der Waals surface area contributed by atoms with E-state index >= 15 is 0 Å². The van der Waals surface area contributed by atoms with Crippen molar-refractivity contribution >= 4 is 17.3 Å². The monoisotopic (exact) mass is 300 g/mol. The molecular formula is C17H17FN2O2. The summed E-state index contributed by atoms with van der Waals surface area (Å²) in [6.45, 7) is 2.10. The number of benzene rings is 2. The molecule has 1 atom stereocenters. The van der Waals surface area contributed by atoms with Crippen molar-refractivity contribution in [1.29, 1.82) is 0 Å². The van der Waals surface area contributed by atoms with Gasteiger partial charge in [0.25, 0.3) is 5.91 Å². The molecule has 0 spiro atoms. The third kappa shape index (κ3) is 3.36. The molecule has 22 heavy (non-hydrogen) atoms. The Morgan fingerprint density at radius 2 is 2.05 bits per heavy atom. The van der Waals surface area contributed by atoms with Crippen LogP contribution in [0.3, 0.4) is 0 Å². The number of anilines is 2. The van der Waals surface area contributed by atoms with Crippen LogP contribution in [0.1, 0.15) is 12.5 Å². The highest BCUT2D eigenvalue weighted by molar-refractivity contribution is 5.95. The number of fused-ring (bicyclic) bond motifs is 1. The zero-order valence-electron chi connectivity index (χ0n) is 12.2. The second-order valence-electron chi connectivity index (χ2n) is 5.42. The van der Waals surface area contributed by atoms with Gasteiger partial charge in [0.2, 0.25) is 0 Å². The number of halogens is 1. The lowest BCUT2D eigenvalue weighted by atomic mass is 10.1. The molecule has 1 aliphatic rings. The van der Waals surface area contributed by atoms with Crippen LogP contribution in [0, 0.1) is 5.82 Å². The van der Waals surface area contributed by atoms with E-state index in [0.29, 0.717) is 11.4 Å². The summed E-state index contributed by atoms with van der Waals surface area (Å²) >= 11 is 0. The molecule has 0 aliphatic carbocycles. The molecule has 4 nitrogen and oxygen atoms in total. The van der Waals surface area contributed by atoms with Gasteiger partial charge in [-0.15, -0.1) is 0 Å². The van der Waals surface area contributed by atoms with Crippen molar-refractivity contribution in [1.82, 2.24) is 0 Å². The molecule has 3 rings (SSSR count). The molecule has 0 bridgehead atoms. The second kappa shape index (κ2) is 6.05. The molecule has 0 fully saturated rings. The molecule has 0 radical (unpaired) electrons. The summed E-state index contributed by atoms with van der Waals surface area (Å²) in [4.78, 5) is 11.2. The SMILES string of the molecule is CC(Cc1ccc(F)cc1)Nc1ccc2c(c1)OCC(=O)N2. The highest BCUT2D eigenvalue weighted by atomic mass is 19.1. The van der Waals surface area contributed by atoms with Gasteiger partial charge in [-0.05, 0) is 43.2 Å². The summed E-state index contributed by atoms with van der Waals surface area (Å²) in [6, 6.07) is 12.3. The molecule has 0 aromatic heterocycles. The van der Waals surface area contributed by atoms with Gasteiger partial charge in [-0.25, -0.2) is 4.39 Å². The molecule has 1 aliphatic heterocycles. The van der Waals surface area contributed by atoms with E-state index in [0.717, 1.165) is 17.7 Å². The van der Waals surface area contributed by atoms with E-state index in [9.17, 15) is 9.18 Å². The predicted molar refractivity (Wildman–Crippen MR) is 83.8 cm³/mol. The lowest BCUT2D eigenvalue weighted by molar-refractivity contribution is -0.118. The van der Waals surface area contributed by atoms with Crippen LogP contribution in [-0.2, 0) is 11.2 Å². The fraction of sp³-hybridized carbons (Fsp3) is 0.235. The average Bonchev–Trinajstić information content (AvgIpc) is 2.50. The standard InChI is InChI=1S/C17H17FN2O2/c1-11(8-12-2-4-13(18)5-3-12)19-14-6-7-15-16(9-14)22-10-17(21)20-15/h2-7,9,11,19H,8,10H2,1H3,(H,20,21). The summed E-state index contributed by atoms with van der Waals surface area (Å²) in [7, 11) is 0. The van der Waals surface area contributed by atoms with Crippen molar-refractivity contribution in [3.63, 3.8) is 0 Å². The highest BCUT2D eigenvalue weighted by Gasteiger charge is 2.16. The quantitative estimate of drug-likeness (QED) is 0.911. The highest BCUT2D eigenvalue weighted by Crippen LogP contribution is 2.30. The van der Waals surface area contributed by atoms with Gasteiger partial charge in [0, 0.05) is 17.8 Å². The van der Waals surface area contributed by atoms with Crippen molar-refractivity contribution in [2.24, 2.45) is 0 Å².